The fourth-order valence-corrected chi connectivity index (χ4v) is 2.35. The highest BCUT2D eigenvalue weighted by molar-refractivity contribution is 5.82. The molecule has 1 aliphatic carbocycles. The minimum absolute atomic E-state index is 0.0826. The number of pyridine rings is 1. The van der Waals surface area contributed by atoms with Gasteiger partial charge in [-0.15, -0.1) is 0 Å². The number of esters is 1. The van der Waals surface area contributed by atoms with Crippen LogP contribution in [0, 0.1) is 19.8 Å². The van der Waals surface area contributed by atoms with E-state index in [0.29, 0.717) is 6.42 Å². The summed E-state index contributed by atoms with van der Waals surface area (Å²) in [5.41, 5.74) is 3.61. The van der Waals surface area contributed by atoms with E-state index in [0.717, 1.165) is 22.4 Å². The molecule has 1 aromatic rings. The first-order valence-corrected chi connectivity index (χ1v) is 6.31. The SMILES string of the molecule is [CH2+]COC(=O)[C@H]1CC(c2ccc(C)cn2)=C(C)[C@H]1O. The second kappa shape index (κ2) is 5.45. The van der Waals surface area contributed by atoms with Gasteiger partial charge in [-0.25, -0.2) is 0 Å². The molecule has 1 aliphatic rings. The van der Waals surface area contributed by atoms with E-state index in [2.05, 4.69) is 11.9 Å². The normalized spacial score (nSPS) is 22.7. The van der Waals surface area contributed by atoms with Gasteiger partial charge in [0.1, 0.15) is 6.92 Å². The number of hydrogen-bond acceptors (Lipinski definition) is 4. The van der Waals surface area contributed by atoms with E-state index in [1.165, 1.54) is 0 Å². The summed E-state index contributed by atoms with van der Waals surface area (Å²) in [5.74, 6) is -0.941. The number of aromatic nitrogens is 1. The van der Waals surface area contributed by atoms with Crippen molar-refractivity contribution in [1.29, 1.82) is 0 Å². The average Bonchev–Trinajstić information content (AvgIpc) is 2.68. The lowest BCUT2D eigenvalue weighted by Crippen LogP contribution is -2.26. The molecule has 0 saturated carbocycles. The third-order valence-corrected chi connectivity index (χ3v) is 3.49. The molecule has 1 N–H and O–H groups in total. The lowest BCUT2D eigenvalue weighted by atomic mass is 10.0. The lowest BCUT2D eigenvalue weighted by molar-refractivity contribution is -0.149. The highest BCUT2D eigenvalue weighted by Gasteiger charge is 2.38. The van der Waals surface area contributed by atoms with Crippen LogP contribution >= 0.6 is 0 Å². The Hall–Kier alpha value is -1.81. The van der Waals surface area contributed by atoms with Gasteiger partial charge in [0, 0.05) is 6.20 Å². The molecule has 4 nitrogen and oxygen atoms in total. The van der Waals surface area contributed by atoms with E-state index >= 15 is 0 Å². The molecule has 0 fully saturated rings. The Morgan fingerprint density at radius 1 is 1.53 bits per heavy atom. The summed E-state index contributed by atoms with van der Waals surface area (Å²) in [4.78, 5) is 16.1. The van der Waals surface area contributed by atoms with Crippen LogP contribution in [0.25, 0.3) is 5.57 Å². The molecule has 4 heteroatoms. The smallest absolute Gasteiger partial charge is 0.315 e. The Kier molecular flexibility index (Phi) is 3.90. The van der Waals surface area contributed by atoms with Crippen LogP contribution < -0.4 is 0 Å². The standard InChI is InChI=1S/C15H18NO3/c1-4-19-15(18)12-7-11(10(3)14(12)17)13-6-5-9(2)8-16-13/h5-6,8,12,14,17H,1,4,7H2,2-3H3/q+1/t12-,14+/m0/s1. The molecule has 1 heterocycles. The molecule has 2 atom stereocenters. The first-order chi connectivity index (χ1) is 9.04. The molecule has 0 spiro atoms. The van der Waals surface area contributed by atoms with Gasteiger partial charge in [-0.2, -0.15) is 0 Å². The maximum atomic E-state index is 11.8. The van der Waals surface area contributed by atoms with E-state index in [9.17, 15) is 9.90 Å². The van der Waals surface area contributed by atoms with Gasteiger partial charge in [0.2, 0.25) is 6.61 Å². The molecule has 0 aliphatic heterocycles. The quantitative estimate of drug-likeness (QED) is 0.666. The van der Waals surface area contributed by atoms with Crippen LogP contribution in [0.2, 0.25) is 0 Å². The third-order valence-electron chi connectivity index (χ3n) is 3.49. The summed E-state index contributed by atoms with van der Waals surface area (Å²) < 4.78 is 4.89. The Morgan fingerprint density at radius 2 is 2.26 bits per heavy atom. The molecule has 0 amide bonds. The number of aliphatic hydroxyl groups is 1. The minimum atomic E-state index is -0.794. The van der Waals surface area contributed by atoms with Gasteiger partial charge >= 0.3 is 5.97 Å². The van der Waals surface area contributed by atoms with Crippen molar-refractivity contribution in [1.82, 2.24) is 4.98 Å². The van der Waals surface area contributed by atoms with Gasteiger partial charge in [-0.3, -0.25) is 9.78 Å². The van der Waals surface area contributed by atoms with E-state index in [1.54, 1.807) is 6.20 Å². The second-order valence-electron chi connectivity index (χ2n) is 4.81. The van der Waals surface area contributed by atoms with Crippen LogP contribution in [0.4, 0.5) is 0 Å². The Labute approximate surface area is 113 Å². The van der Waals surface area contributed by atoms with Gasteiger partial charge in [0.15, 0.2) is 0 Å². The minimum Gasteiger partial charge on any atom is -0.423 e. The van der Waals surface area contributed by atoms with Crippen LogP contribution in [-0.2, 0) is 9.53 Å². The van der Waals surface area contributed by atoms with E-state index in [1.807, 2.05) is 26.0 Å². The monoisotopic (exact) mass is 260 g/mol. The summed E-state index contributed by atoms with van der Waals surface area (Å²) in [7, 11) is 0. The topological polar surface area (TPSA) is 59.4 Å². The van der Waals surface area contributed by atoms with Gasteiger partial charge in [-0.05, 0) is 43.0 Å². The summed E-state index contributed by atoms with van der Waals surface area (Å²) in [6.07, 6.45) is 1.45. The lowest BCUT2D eigenvalue weighted by Gasteiger charge is -2.12. The average molecular weight is 260 g/mol. The summed E-state index contributed by atoms with van der Waals surface area (Å²) >= 11 is 0. The predicted molar refractivity (Wildman–Crippen MR) is 72.0 cm³/mol. The van der Waals surface area contributed by atoms with Crippen LogP contribution in [0.1, 0.15) is 24.6 Å². The van der Waals surface area contributed by atoms with Gasteiger partial charge < -0.3 is 9.84 Å². The number of aryl methyl sites for hydroxylation is 1. The number of carbonyl (C=O) groups excluding carboxylic acids is 1. The summed E-state index contributed by atoms with van der Waals surface area (Å²) in [5, 5.41) is 10.1. The Balaban J connectivity index is 2.23. The van der Waals surface area contributed by atoms with E-state index in [4.69, 9.17) is 4.74 Å². The number of hydrogen-bond donors (Lipinski definition) is 1. The number of aliphatic hydroxyl groups excluding tert-OH is 1. The highest BCUT2D eigenvalue weighted by Crippen LogP contribution is 2.37. The fourth-order valence-electron chi connectivity index (χ4n) is 2.35. The molecule has 0 saturated heterocycles. The first kappa shape index (κ1) is 13.6. The third kappa shape index (κ3) is 2.63. The molecule has 0 unspecified atom stereocenters. The Morgan fingerprint density at radius 3 is 2.84 bits per heavy atom. The van der Waals surface area contributed by atoms with Crippen molar-refractivity contribution in [3.63, 3.8) is 0 Å². The fraction of sp³-hybridized carbons (Fsp3) is 0.400. The molecule has 0 bridgehead atoms. The van der Waals surface area contributed by atoms with Gasteiger partial charge in [0.25, 0.3) is 0 Å². The zero-order valence-electron chi connectivity index (χ0n) is 11.2. The summed E-state index contributed by atoms with van der Waals surface area (Å²) in [6.45, 7) is 7.36. The zero-order valence-corrected chi connectivity index (χ0v) is 11.2. The predicted octanol–water partition coefficient (Wildman–Crippen LogP) is 1.92. The van der Waals surface area contributed by atoms with Crippen molar-refractivity contribution in [3.8, 4) is 0 Å². The first-order valence-electron chi connectivity index (χ1n) is 6.31. The van der Waals surface area contributed by atoms with Crippen LogP contribution in [0.15, 0.2) is 23.9 Å². The van der Waals surface area contributed by atoms with Crippen molar-refractivity contribution in [2.75, 3.05) is 6.61 Å². The van der Waals surface area contributed by atoms with E-state index < -0.39 is 18.0 Å². The van der Waals surface area contributed by atoms with Gasteiger partial charge in [-0.1, -0.05) is 6.07 Å². The van der Waals surface area contributed by atoms with Crippen molar-refractivity contribution < 1.29 is 14.6 Å². The van der Waals surface area contributed by atoms with Crippen molar-refractivity contribution in [2.45, 2.75) is 26.4 Å². The van der Waals surface area contributed by atoms with Gasteiger partial charge in [0.05, 0.1) is 17.7 Å². The largest absolute Gasteiger partial charge is 0.423 e. The Bertz CT molecular complexity index is 505. The zero-order chi connectivity index (χ0) is 14.0. The van der Waals surface area contributed by atoms with Crippen molar-refractivity contribution >= 4 is 11.5 Å². The van der Waals surface area contributed by atoms with Crippen LogP contribution in [-0.4, -0.2) is 28.8 Å². The molecule has 0 radical (unpaired) electrons. The van der Waals surface area contributed by atoms with Crippen molar-refractivity contribution in [2.24, 2.45) is 5.92 Å². The molecule has 2 rings (SSSR count). The number of nitrogens with zero attached hydrogens (tertiary/aromatic N) is 1. The second-order valence-corrected chi connectivity index (χ2v) is 4.81. The molecule has 1 aromatic heterocycles. The van der Waals surface area contributed by atoms with Crippen molar-refractivity contribution in [3.05, 3.63) is 42.1 Å². The maximum absolute atomic E-state index is 11.8. The number of allylic oxidation sites excluding steroid dienone is 1. The molecule has 0 aromatic carbocycles. The number of ether oxygens (including phenoxy) is 1. The summed E-state index contributed by atoms with van der Waals surface area (Å²) in [6, 6.07) is 3.88. The van der Waals surface area contributed by atoms with Crippen LogP contribution in [0.5, 0.6) is 0 Å². The molecular formula is C15H18NO3+. The van der Waals surface area contributed by atoms with E-state index in [-0.39, 0.29) is 6.61 Å². The number of rotatable bonds is 3. The maximum Gasteiger partial charge on any atom is 0.315 e. The molecular weight excluding hydrogens is 242 g/mol. The molecule has 19 heavy (non-hydrogen) atoms. The van der Waals surface area contributed by atoms with Crippen LogP contribution in [0.3, 0.4) is 0 Å². The molecule has 100 valence electrons. The highest BCUT2D eigenvalue weighted by atomic mass is 16.5. The number of carbonyl (C=O) groups is 1.